The topological polar surface area (TPSA) is 136 Å². The maximum Gasteiger partial charge on any atom is 0.397 e. The summed E-state index contributed by atoms with van der Waals surface area (Å²) < 4.78 is 11.1. The van der Waals surface area contributed by atoms with Gasteiger partial charge >= 0.3 is 11.9 Å². The number of β-lactam (4-membered cyclic amide) rings is 1. The van der Waals surface area contributed by atoms with E-state index in [-0.39, 0.29) is 24.7 Å². The minimum atomic E-state index is -2.26. The van der Waals surface area contributed by atoms with Crippen molar-refractivity contribution in [2.45, 2.75) is 57.3 Å². The van der Waals surface area contributed by atoms with Gasteiger partial charge in [0.05, 0.1) is 25.1 Å². The number of nitrogens with two attached hydrogens (primary N) is 1. The molecule has 0 radical (unpaired) electrons. The van der Waals surface area contributed by atoms with Crippen LogP contribution in [0, 0.1) is 5.92 Å². The number of esters is 1. The number of imide groups is 1. The maximum absolute atomic E-state index is 12.9. The first kappa shape index (κ1) is 29.0. The number of amides is 3. The standard InChI is InChI=1S/C21H35N3O7SSi/c1-9-10-30-20(29)18(28)24-17(27)16(13(2)31-33(7,8)21(3,4)5)19(24)32-15(26)12-23(6)11-14(22)25/h9,13,16,19H,1,10-12H2,2-8H3,(H2,22,25)/t13-,16+,19-/m1/s1. The predicted molar refractivity (Wildman–Crippen MR) is 127 cm³/mol. The summed E-state index contributed by atoms with van der Waals surface area (Å²) in [5.74, 6) is -4.34. The van der Waals surface area contributed by atoms with Gasteiger partial charge in [0.1, 0.15) is 12.0 Å². The van der Waals surface area contributed by atoms with Crippen LogP contribution in [0.3, 0.4) is 0 Å². The van der Waals surface area contributed by atoms with Crippen LogP contribution in [-0.2, 0) is 33.1 Å². The van der Waals surface area contributed by atoms with Crippen molar-refractivity contribution in [2.24, 2.45) is 11.7 Å². The number of hydrogen-bond donors (Lipinski definition) is 1. The van der Waals surface area contributed by atoms with Crippen molar-refractivity contribution in [3.63, 3.8) is 0 Å². The summed E-state index contributed by atoms with van der Waals surface area (Å²) in [5, 5.41) is -1.44. The Labute approximate surface area is 200 Å². The van der Waals surface area contributed by atoms with Crippen LogP contribution in [0.2, 0.25) is 18.1 Å². The summed E-state index contributed by atoms with van der Waals surface area (Å²) in [6.07, 6.45) is 0.714. The third-order valence-electron chi connectivity index (χ3n) is 5.68. The second-order valence-electron chi connectivity index (χ2n) is 9.53. The molecule has 1 rings (SSSR count). The number of likely N-dealkylation sites (N-methyl/N-ethyl adjacent to an activating group) is 1. The summed E-state index contributed by atoms with van der Waals surface area (Å²) in [5.41, 5.74) is 5.15. The molecule has 3 amide bonds. The molecule has 0 aromatic heterocycles. The highest BCUT2D eigenvalue weighted by Crippen LogP contribution is 2.43. The van der Waals surface area contributed by atoms with Gasteiger partial charge in [-0.15, -0.1) is 0 Å². The lowest BCUT2D eigenvalue weighted by atomic mass is 9.92. The highest BCUT2D eigenvalue weighted by Gasteiger charge is 2.57. The zero-order chi connectivity index (χ0) is 25.7. The number of rotatable bonds is 10. The van der Waals surface area contributed by atoms with Crippen molar-refractivity contribution in [3.05, 3.63) is 12.7 Å². The molecule has 0 unspecified atom stereocenters. The molecule has 1 aliphatic rings. The lowest BCUT2D eigenvalue weighted by Gasteiger charge is -2.49. The van der Waals surface area contributed by atoms with E-state index >= 15 is 0 Å². The zero-order valence-corrected chi connectivity index (χ0v) is 22.2. The molecule has 10 nitrogen and oxygen atoms in total. The third-order valence-corrected chi connectivity index (χ3v) is 11.4. The van der Waals surface area contributed by atoms with Crippen LogP contribution in [-0.4, -0.2) is 85.1 Å². The Bertz CT molecular complexity index is 812. The Morgan fingerprint density at radius 2 is 1.85 bits per heavy atom. The maximum atomic E-state index is 12.9. The summed E-state index contributed by atoms with van der Waals surface area (Å²) in [7, 11) is -0.711. The molecule has 33 heavy (non-hydrogen) atoms. The summed E-state index contributed by atoms with van der Waals surface area (Å²) in [6.45, 7) is 15.0. The summed E-state index contributed by atoms with van der Waals surface area (Å²) in [4.78, 5) is 63.4. The van der Waals surface area contributed by atoms with Crippen molar-refractivity contribution in [1.82, 2.24) is 9.80 Å². The quantitative estimate of drug-likeness (QED) is 0.153. The number of hydrogen-bond acceptors (Lipinski definition) is 9. The van der Waals surface area contributed by atoms with Crippen molar-refractivity contribution in [2.75, 3.05) is 26.7 Å². The van der Waals surface area contributed by atoms with Crippen LogP contribution in [0.5, 0.6) is 0 Å². The normalized spacial score (nSPS) is 19.6. The molecule has 0 aliphatic carbocycles. The number of thioether (sulfide) groups is 1. The van der Waals surface area contributed by atoms with E-state index in [4.69, 9.17) is 14.9 Å². The fourth-order valence-electron chi connectivity index (χ4n) is 2.98. The monoisotopic (exact) mass is 501 g/mol. The number of carbonyl (C=O) groups excluding carboxylic acids is 5. The van der Waals surface area contributed by atoms with E-state index in [2.05, 4.69) is 27.4 Å². The molecule has 0 spiro atoms. The van der Waals surface area contributed by atoms with Crippen LogP contribution >= 0.6 is 11.8 Å². The molecule has 186 valence electrons. The Kier molecular flexibility index (Phi) is 10.0. The number of carbonyl (C=O) groups is 5. The SMILES string of the molecule is C=CCOC(=O)C(=O)N1C(=O)[C@H]([C@@H](C)O[Si](C)(C)C(C)(C)C)[C@H]1SC(=O)CN(C)CC(N)=O. The number of nitrogens with zero attached hydrogens (tertiary/aromatic N) is 2. The lowest BCUT2D eigenvalue weighted by molar-refractivity contribution is -0.174. The van der Waals surface area contributed by atoms with Crippen LogP contribution in [0.25, 0.3) is 0 Å². The van der Waals surface area contributed by atoms with Crippen molar-refractivity contribution in [1.29, 1.82) is 0 Å². The van der Waals surface area contributed by atoms with Crippen molar-refractivity contribution >= 4 is 48.9 Å². The highest BCUT2D eigenvalue weighted by atomic mass is 32.2. The smallest absolute Gasteiger partial charge is 0.397 e. The Morgan fingerprint density at radius 3 is 2.33 bits per heavy atom. The molecule has 0 aromatic rings. The number of likely N-dealkylation sites (tertiary alicyclic amines) is 1. The van der Waals surface area contributed by atoms with E-state index < -0.39 is 54.5 Å². The lowest BCUT2D eigenvalue weighted by Crippen LogP contribution is -2.67. The van der Waals surface area contributed by atoms with Gasteiger partial charge < -0.3 is 14.9 Å². The van der Waals surface area contributed by atoms with Gasteiger partial charge in [-0.25, -0.2) is 4.79 Å². The van der Waals surface area contributed by atoms with Crippen molar-refractivity contribution in [3.8, 4) is 0 Å². The molecule has 1 aliphatic heterocycles. The molecule has 3 atom stereocenters. The van der Waals surface area contributed by atoms with Gasteiger partial charge in [-0.2, -0.15) is 0 Å². The van der Waals surface area contributed by atoms with E-state index in [0.717, 1.165) is 16.7 Å². The van der Waals surface area contributed by atoms with Gasteiger partial charge in [-0.3, -0.25) is 29.0 Å². The first-order valence-electron chi connectivity index (χ1n) is 10.5. The van der Waals surface area contributed by atoms with Gasteiger partial charge in [0.15, 0.2) is 8.32 Å². The Hall–Kier alpha value is -2.02. The van der Waals surface area contributed by atoms with Crippen LogP contribution in [0.4, 0.5) is 0 Å². The molecule has 1 saturated heterocycles. The fraction of sp³-hybridized carbons (Fsp3) is 0.667. The molecule has 1 fully saturated rings. The van der Waals surface area contributed by atoms with Gasteiger partial charge in [-0.05, 0) is 32.1 Å². The van der Waals surface area contributed by atoms with Crippen LogP contribution in [0.15, 0.2) is 12.7 Å². The van der Waals surface area contributed by atoms with Crippen LogP contribution in [0.1, 0.15) is 27.7 Å². The summed E-state index contributed by atoms with van der Waals surface area (Å²) in [6, 6.07) is 0. The number of primary amides is 1. The first-order chi connectivity index (χ1) is 15.0. The minimum absolute atomic E-state index is 0.117. The van der Waals surface area contributed by atoms with Gasteiger partial charge in [0, 0.05) is 0 Å². The highest BCUT2D eigenvalue weighted by molar-refractivity contribution is 8.14. The Morgan fingerprint density at radius 1 is 1.27 bits per heavy atom. The first-order valence-corrected chi connectivity index (χ1v) is 14.3. The average Bonchev–Trinajstić information content (AvgIpc) is 2.63. The fourth-order valence-corrected chi connectivity index (χ4v) is 5.77. The van der Waals surface area contributed by atoms with Gasteiger partial charge in [0.2, 0.25) is 16.9 Å². The van der Waals surface area contributed by atoms with Gasteiger partial charge in [0.25, 0.3) is 0 Å². The van der Waals surface area contributed by atoms with E-state index in [1.165, 1.54) is 11.0 Å². The molecule has 0 bridgehead atoms. The second kappa shape index (κ2) is 11.4. The molecular weight excluding hydrogens is 466 g/mol. The minimum Gasteiger partial charge on any atom is -0.454 e. The average molecular weight is 502 g/mol. The van der Waals surface area contributed by atoms with E-state index in [9.17, 15) is 24.0 Å². The molecular formula is C21H35N3O7SSi. The number of ether oxygens (including phenoxy) is 1. The molecule has 2 N–H and O–H groups in total. The van der Waals surface area contributed by atoms with Crippen LogP contribution < -0.4 is 5.73 Å². The Balaban J connectivity index is 3.09. The predicted octanol–water partition coefficient (Wildman–Crippen LogP) is 1.11. The van der Waals surface area contributed by atoms with Crippen molar-refractivity contribution < 1.29 is 33.1 Å². The molecule has 12 heteroatoms. The summed E-state index contributed by atoms with van der Waals surface area (Å²) >= 11 is 0.752. The van der Waals surface area contributed by atoms with Gasteiger partial charge in [-0.1, -0.05) is 45.2 Å². The van der Waals surface area contributed by atoms with E-state index in [1.54, 1.807) is 14.0 Å². The molecule has 1 heterocycles. The third kappa shape index (κ3) is 7.49. The molecule has 0 saturated carbocycles. The zero-order valence-electron chi connectivity index (χ0n) is 20.4. The van der Waals surface area contributed by atoms with E-state index in [1.807, 2.05) is 13.1 Å². The molecule has 0 aromatic carbocycles. The van der Waals surface area contributed by atoms with E-state index in [0.29, 0.717) is 0 Å². The second-order valence-corrected chi connectivity index (χ2v) is 15.5. The largest absolute Gasteiger partial charge is 0.454 e.